The fourth-order valence-corrected chi connectivity index (χ4v) is 1.05. The smallest absolute Gasteiger partial charge is 0.767 e. The molecule has 1 atom stereocenters. The van der Waals surface area contributed by atoms with Crippen molar-refractivity contribution in [3.05, 3.63) is 23.9 Å². The van der Waals surface area contributed by atoms with E-state index in [1.807, 2.05) is 0 Å². The van der Waals surface area contributed by atoms with Crippen LogP contribution in [0.15, 0.2) is 23.4 Å². The van der Waals surface area contributed by atoms with Crippen LogP contribution in [0, 0.1) is 0 Å². The van der Waals surface area contributed by atoms with Gasteiger partial charge in [-0.05, 0) is 23.2 Å². The van der Waals surface area contributed by atoms with E-state index in [1.165, 1.54) is 0 Å². The number of rotatable bonds is 1. The van der Waals surface area contributed by atoms with Gasteiger partial charge in [-0.1, -0.05) is 0 Å². The summed E-state index contributed by atoms with van der Waals surface area (Å²) in [6.07, 6.45) is -3.75. The molecule has 0 aliphatic rings. The van der Waals surface area contributed by atoms with Gasteiger partial charge in [0.25, 0.3) is 0 Å². The normalized spacial score (nSPS) is 13.1. The Balaban J connectivity index is 0.00000169. The predicted octanol–water partition coefficient (Wildman–Crippen LogP) is -1.66. The summed E-state index contributed by atoms with van der Waals surface area (Å²) in [5, 5.41) is -0.616. The van der Waals surface area contributed by atoms with E-state index in [0.717, 1.165) is 6.20 Å². The molecule has 0 aromatic carbocycles. The first-order chi connectivity index (χ1) is 5.91. The monoisotopic (exact) mass is 217 g/mol. The van der Waals surface area contributed by atoms with Gasteiger partial charge in [0.1, 0.15) is 5.03 Å². The molecule has 1 aromatic rings. The van der Waals surface area contributed by atoms with Gasteiger partial charge in [-0.15, -0.1) is 0 Å². The summed E-state index contributed by atoms with van der Waals surface area (Å²) in [5.41, 5.74) is -1.03. The van der Waals surface area contributed by atoms with E-state index in [1.54, 1.807) is 0 Å². The van der Waals surface area contributed by atoms with Gasteiger partial charge in [-0.3, -0.25) is 4.21 Å². The minimum atomic E-state index is -4.54. The van der Waals surface area contributed by atoms with Crippen LogP contribution in [0.3, 0.4) is 0 Å². The fourth-order valence-electron chi connectivity index (χ4n) is 0.677. The van der Waals surface area contributed by atoms with Gasteiger partial charge in [0.15, 0.2) is 0 Å². The number of halogens is 3. The van der Waals surface area contributed by atoms with E-state index in [4.69, 9.17) is 0 Å². The van der Waals surface area contributed by atoms with Crippen LogP contribution >= 0.6 is 0 Å². The topological polar surface area (TPSA) is 53.0 Å². The van der Waals surface area contributed by atoms with Crippen molar-refractivity contribution in [1.29, 1.82) is 0 Å². The van der Waals surface area contributed by atoms with Crippen LogP contribution in [0.25, 0.3) is 0 Å². The van der Waals surface area contributed by atoms with Crippen molar-refractivity contribution >= 4 is 11.1 Å². The number of pyridine rings is 1. The van der Waals surface area contributed by atoms with Gasteiger partial charge in [-0.25, -0.2) is 4.98 Å². The Hall–Kier alpha value is -0.353. The summed E-state index contributed by atoms with van der Waals surface area (Å²) >= 11 is -2.74. The minimum absolute atomic E-state index is 0. The molecule has 0 aliphatic heterocycles. The van der Waals surface area contributed by atoms with Gasteiger partial charge in [0.05, 0.1) is 5.56 Å². The first kappa shape index (κ1) is 13.6. The van der Waals surface area contributed by atoms with Crippen LogP contribution in [0.1, 0.15) is 5.56 Å². The van der Waals surface area contributed by atoms with Crippen LogP contribution in [0.5, 0.6) is 0 Å². The van der Waals surface area contributed by atoms with Gasteiger partial charge in [0, 0.05) is 6.20 Å². The summed E-state index contributed by atoms with van der Waals surface area (Å²) < 4.78 is 56.5. The zero-order chi connectivity index (χ0) is 10.1. The molecule has 3 nitrogen and oxygen atoms in total. The standard InChI is InChI=1S/C6H4F3NO2S.Li/c7-6(8,9)4-1-2-10-5(3-4)13(11)12;/h1-3H,(H,11,12);/q;+1/p-1. The minimum Gasteiger partial charge on any atom is -0.767 e. The van der Waals surface area contributed by atoms with E-state index in [-0.39, 0.29) is 18.9 Å². The quantitative estimate of drug-likeness (QED) is 0.418. The SMILES string of the molecule is O=S([O-])c1cc(C(F)(F)F)ccn1.[Li+]. The van der Waals surface area contributed by atoms with E-state index in [2.05, 4.69) is 4.98 Å². The number of hydrogen-bond donors (Lipinski definition) is 0. The van der Waals surface area contributed by atoms with Gasteiger partial charge < -0.3 is 4.55 Å². The van der Waals surface area contributed by atoms with Gasteiger partial charge in [0.2, 0.25) is 0 Å². The third kappa shape index (κ3) is 3.42. The van der Waals surface area contributed by atoms with Crippen molar-refractivity contribution in [3.8, 4) is 0 Å². The van der Waals surface area contributed by atoms with Crippen LogP contribution in [-0.2, 0) is 17.3 Å². The number of nitrogens with zero attached hydrogens (tertiary/aromatic N) is 1. The molecule has 0 saturated heterocycles. The molecule has 0 bridgehead atoms. The average molecular weight is 217 g/mol. The molecule has 14 heavy (non-hydrogen) atoms. The predicted molar refractivity (Wildman–Crippen MR) is 36.4 cm³/mol. The molecule has 1 heterocycles. The second-order valence-corrected chi connectivity index (χ2v) is 3.00. The molecule has 0 fully saturated rings. The van der Waals surface area contributed by atoms with Crippen molar-refractivity contribution < 1.29 is 40.8 Å². The van der Waals surface area contributed by atoms with Crippen LogP contribution in [0.2, 0.25) is 0 Å². The molecule has 1 unspecified atom stereocenters. The average Bonchev–Trinajstić information content (AvgIpc) is 2.03. The number of alkyl halides is 3. The van der Waals surface area contributed by atoms with E-state index in [9.17, 15) is 21.9 Å². The Morgan fingerprint density at radius 3 is 2.43 bits per heavy atom. The maximum absolute atomic E-state index is 12.0. The van der Waals surface area contributed by atoms with E-state index in [0.29, 0.717) is 12.1 Å². The molecular weight excluding hydrogens is 214 g/mol. The molecular formula is C6H3F3LiNO2S. The van der Waals surface area contributed by atoms with Crippen LogP contribution < -0.4 is 18.9 Å². The summed E-state index contributed by atoms with van der Waals surface area (Å²) in [4.78, 5) is 3.24. The summed E-state index contributed by atoms with van der Waals surface area (Å²) in [6, 6.07) is 1.18. The first-order valence-electron chi connectivity index (χ1n) is 3.04. The second kappa shape index (κ2) is 4.93. The zero-order valence-corrected chi connectivity index (χ0v) is 7.85. The Bertz CT molecular complexity index is 344. The maximum atomic E-state index is 12.0. The maximum Gasteiger partial charge on any atom is 1.00 e. The molecule has 8 heteroatoms. The van der Waals surface area contributed by atoms with Gasteiger partial charge >= 0.3 is 25.0 Å². The Labute approximate surface area is 92.2 Å². The van der Waals surface area contributed by atoms with E-state index >= 15 is 0 Å². The summed E-state index contributed by atoms with van der Waals surface area (Å²) in [7, 11) is 0. The van der Waals surface area contributed by atoms with Crippen molar-refractivity contribution in [2.75, 3.05) is 0 Å². The molecule has 1 rings (SSSR count). The fraction of sp³-hybridized carbons (Fsp3) is 0.167. The molecule has 0 N–H and O–H groups in total. The third-order valence-electron chi connectivity index (χ3n) is 1.23. The number of aromatic nitrogens is 1. The third-order valence-corrected chi connectivity index (χ3v) is 1.80. The van der Waals surface area contributed by atoms with Crippen molar-refractivity contribution in [2.45, 2.75) is 11.2 Å². The first-order valence-corrected chi connectivity index (χ1v) is 4.11. The number of hydrogen-bond acceptors (Lipinski definition) is 3. The molecule has 0 saturated carbocycles. The zero-order valence-electron chi connectivity index (χ0n) is 7.04. The molecule has 1 aromatic heterocycles. The van der Waals surface area contributed by atoms with Crippen molar-refractivity contribution in [2.24, 2.45) is 0 Å². The van der Waals surface area contributed by atoms with Gasteiger partial charge in [-0.2, -0.15) is 13.2 Å². The summed E-state index contributed by atoms with van der Waals surface area (Å²) in [5.74, 6) is 0. The Morgan fingerprint density at radius 2 is 2.00 bits per heavy atom. The van der Waals surface area contributed by atoms with Crippen LogP contribution in [-0.4, -0.2) is 13.7 Å². The Kier molecular flexibility index (Phi) is 4.81. The van der Waals surface area contributed by atoms with E-state index < -0.39 is 27.8 Å². The molecule has 0 radical (unpaired) electrons. The molecule has 72 valence electrons. The van der Waals surface area contributed by atoms with Crippen LogP contribution in [0.4, 0.5) is 13.2 Å². The second-order valence-electron chi connectivity index (χ2n) is 2.12. The van der Waals surface area contributed by atoms with Crippen molar-refractivity contribution in [1.82, 2.24) is 4.98 Å². The summed E-state index contributed by atoms with van der Waals surface area (Å²) in [6.45, 7) is 0. The van der Waals surface area contributed by atoms with Crippen molar-refractivity contribution in [3.63, 3.8) is 0 Å². The largest absolute Gasteiger partial charge is 1.00 e. The molecule has 0 spiro atoms. The molecule has 0 amide bonds. The molecule has 0 aliphatic carbocycles. The Morgan fingerprint density at radius 1 is 1.43 bits per heavy atom.